The van der Waals surface area contributed by atoms with E-state index >= 15 is 0 Å². The summed E-state index contributed by atoms with van der Waals surface area (Å²) in [5.41, 5.74) is 1.24. The highest BCUT2D eigenvalue weighted by Crippen LogP contribution is 1.99. The van der Waals surface area contributed by atoms with E-state index < -0.39 is 0 Å². The van der Waals surface area contributed by atoms with E-state index in [1.165, 1.54) is 5.56 Å². The number of hydrogen-bond donors (Lipinski definition) is 1. The first-order valence-corrected chi connectivity index (χ1v) is 4.84. The van der Waals surface area contributed by atoms with E-state index in [0.29, 0.717) is 0 Å². The molecule has 0 aromatic heterocycles. The molecule has 0 fully saturated rings. The Balaban J connectivity index is 0.00000196. The molecular formula is C12H17ClNO-. The van der Waals surface area contributed by atoms with Gasteiger partial charge in [0.05, 0.1) is 6.61 Å². The molecule has 3 heteroatoms. The zero-order valence-corrected chi connectivity index (χ0v) is 9.70. The second kappa shape index (κ2) is 9.71. The summed E-state index contributed by atoms with van der Waals surface area (Å²) in [4.78, 5) is 0. The molecule has 0 aliphatic rings. The Bertz CT molecular complexity index is 262. The van der Waals surface area contributed by atoms with E-state index in [2.05, 4.69) is 29.6 Å². The lowest BCUT2D eigenvalue weighted by molar-refractivity contribution is -0.00000319. The third-order valence-corrected chi connectivity index (χ3v) is 1.86. The van der Waals surface area contributed by atoms with E-state index in [-0.39, 0.29) is 12.4 Å². The monoisotopic (exact) mass is 226 g/mol. The van der Waals surface area contributed by atoms with Crippen molar-refractivity contribution in [1.29, 1.82) is 0 Å². The summed E-state index contributed by atoms with van der Waals surface area (Å²) in [5, 5.41) is 3.24. The summed E-state index contributed by atoms with van der Waals surface area (Å²) in [6.45, 7) is 2.55. The second-order valence-electron chi connectivity index (χ2n) is 3.01. The summed E-state index contributed by atoms with van der Waals surface area (Å²) in [6.07, 6.45) is 4.23. The van der Waals surface area contributed by atoms with Crippen LogP contribution in [0.3, 0.4) is 0 Å². The molecule has 0 heterocycles. The van der Waals surface area contributed by atoms with Crippen LogP contribution in [0.1, 0.15) is 5.56 Å². The first-order valence-electron chi connectivity index (χ1n) is 4.84. The van der Waals surface area contributed by atoms with Crippen LogP contribution in [0.15, 0.2) is 36.4 Å². The number of ether oxygens (including phenoxy) is 1. The Labute approximate surface area is 97.7 Å². The molecule has 15 heavy (non-hydrogen) atoms. The van der Waals surface area contributed by atoms with Crippen molar-refractivity contribution in [1.82, 2.24) is 5.32 Å². The molecule has 0 aliphatic carbocycles. The number of rotatable bonds is 6. The number of hydrogen-bond acceptors (Lipinski definition) is 2. The van der Waals surface area contributed by atoms with Gasteiger partial charge in [-0.1, -0.05) is 42.5 Å². The maximum absolute atomic E-state index is 4.92. The van der Waals surface area contributed by atoms with Gasteiger partial charge in [-0.2, -0.15) is 0 Å². The van der Waals surface area contributed by atoms with Gasteiger partial charge >= 0.3 is 0 Å². The normalized spacial score (nSPS) is 10.2. The van der Waals surface area contributed by atoms with Gasteiger partial charge in [-0.25, -0.2) is 0 Å². The molecular weight excluding hydrogens is 210 g/mol. The van der Waals surface area contributed by atoms with Gasteiger partial charge in [-0.15, -0.1) is 0 Å². The lowest BCUT2D eigenvalue weighted by Gasteiger charge is -1.98. The van der Waals surface area contributed by atoms with Crippen molar-refractivity contribution >= 4 is 6.08 Å². The summed E-state index contributed by atoms with van der Waals surface area (Å²) in [7, 11) is 1.71. The van der Waals surface area contributed by atoms with E-state index in [1.54, 1.807) is 7.11 Å². The highest BCUT2D eigenvalue weighted by molar-refractivity contribution is 5.48. The predicted molar refractivity (Wildman–Crippen MR) is 60.2 cm³/mol. The van der Waals surface area contributed by atoms with Gasteiger partial charge in [0, 0.05) is 20.2 Å². The van der Waals surface area contributed by atoms with E-state index in [4.69, 9.17) is 4.74 Å². The molecule has 0 atom stereocenters. The van der Waals surface area contributed by atoms with Gasteiger partial charge in [0.25, 0.3) is 0 Å². The second-order valence-corrected chi connectivity index (χ2v) is 3.01. The molecule has 0 amide bonds. The molecule has 0 saturated heterocycles. The Morgan fingerprint density at radius 3 is 2.67 bits per heavy atom. The van der Waals surface area contributed by atoms with Crippen LogP contribution in [0.5, 0.6) is 0 Å². The molecule has 0 radical (unpaired) electrons. The maximum atomic E-state index is 4.92. The van der Waals surface area contributed by atoms with Crippen molar-refractivity contribution in [2.24, 2.45) is 0 Å². The number of nitrogens with one attached hydrogen (secondary N) is 1. The Morgan fingerprint density at radius 2 is 2.00 bits per heavy atom. The SMILES string of the molecule is COCCNC/C=C/c1ccccc1.[Cl-]. The van der Waals surface area contributed by atoms with Crippen LogP contribution in [0.25, 0.3) is 6.08 Å². The fraction of sp³-hybridized carbons (Fsp3) is 0.333. The standard InChI is InChI=1S/C12H17NO.ClH/c1-14-11-10-13-9-5-8-12-6-3-2-4-7-12;/h2-8,13H,9-11H2,1H3;1H/p-1/b8-5+;. The summed E-state index contributed by atoms with van der Waals surface area (Å²) in [5.74, 6) is 0. The fourth-order valence-electron chi connectivity index (χ4n) is 1.12. The maximum Gasteiger partial charge on any atom is 0.0587 e. The van der Waals surface area contributed by atoms with Crippen molar-refractivity contribution in [3.63, 3.8) is 0 Å². The predicted octanol–water partition coefficient (Wildman–Crippen LogP) is -1.06. The molecule has 0 unspecified atom stereocenters. The largest absolute Gasteiger partial charge is 1.00 e. The van der Waals surface area contributed by atoms with Gasteiger partial charge < -0.3 is 22.5 Å². The lowest BCUT2D eigenvalue weighted by Crippen LogP contribution is -3.00. The topological polar surface area (TPSA) is 21.3 Å². The Morgan fingerprint density at radius 1 is 1.27 bits per heavy atom. The molecule has 84 valence electrons. The minimum absolute atomic E-state index is 0. The number of methoxy groups -OCH3 is 1. The summed E-state index contributed by atoms with van der Waals surface area (Å²) in [6, 6.07) is 10.3. The van der Waals surface area contributed by atoms with Crippen molar-refractivity contribution in [3.8, 4) is 0 Å². The van der Waals surface area contributed by atoms with Gasteiger partial charge in [-0.05, 0) is 5.56 Å². The van der Waals surface area contributed by atoms with E-state index in [1.807, 2.05) is 18.2 Å². The molecule has 1 aromatic rings. The van der Waals surface area contributed by atoms with Gasteiger partial charge in [0.1, 0.15) is 0 Å². The van der Waals surface area contributed by atoms with Crippen LogP contribution in [-0.4, -0.2) is 26.8 Å². The van der Waals surface area contributed by atoms with Crippen LogP contribution in [0, 0.1) is 0 Å². The highest BCUT2D eigenvalue weighted by Gasteiger charge is 1.83. The summed E-state index contributed by atoms with van der Waals surface area (Å²) >= 11 is 0. The van der Waals surface area contributed by atoms with Crippen molar-refractivity contribution < 1.29 is 17.1 Å². The smallest absolute Gasteiger partial charge is 0.0587 e. The van der Waals surface area contributed by atoms with Gasteiger partial charge in [-0.3, -0.25) is 0 Å². The first-order chi connectivity index (χ1) is 6.93. The summed E-state index contributed by atoms with van der Waals surface area (Å²) < 4.78 is 4.92. The Hall–Kier alpha value is -0.830. The van der Waals surface area contributed by atoms with Crippen molar-refractivity contribution in [3.05, 3.63) is 42.0 Å². The third kappa shape index (κ3) is 7.14. The van der Waals surface area contributed by atoms with Crippen LogP contribution in [0.4, 0.5) is 0 Å². The number of benzene rings is 1. The van der Waals surface area contributed by atoms with Crippen LogP contribution < -0.4 is 17.7 Å². The molecule has 0 saturated carbocycles. The molecule has 0 aliphatic heterocycles. The van der Waals surface area contributed by atoms with Crippen LogP contribution in [-0.2, 0) is 4.74 Å². The fourth-order valence-corrected chi connectivity index (χ4v) is 1.12. The molecule has 1 aromatic carbocycles. The minimum Gasteiger partial charge on any atom is -1.00 e. The first kappa shape index (κ1) is 14.2. The Kier molecular flexibility index (Phi) is 9.18. The number of halogens is 1. The molecule has 0 bridgehead atoms. The van der Waals surface area contributed by atoms with Crippen LogP contribution in [0.2, 0.25) is 0 Å². The molecule has 1 rings (SSSR count). The van der Waals surface area contributed by atoms with Gasteiger partial charge in [0.2, 0.25) is 0 Å². The quantitative estimate of drug-likeness (QED) is 0.625. The van der Waals surface area contributed by atoms with Crippen molar-refractivity contribution in [2.45, 2.75) is 0 Å². The van der Waals surface area contributed by atoms with Crippen molar-refractivity contribution in [2.75, 3.05) is 26.8 Å². The van der Waals surface area contributed by atoms with E-state index in [9.17, 15) is 0 Å². The lowest BCUT2D eigenvalue weighted by atomic mass is 10.2. The third-order valence-electron chi connectivity index (χ3n) is 1.86. The molecule has 0 spiro atoms. The molecule has 2 nitrogen and oxygen atoms in total. The highest BCUT2D eigenvalue weighted by atomic mass is 35.5. The zero-order valence-electron chi connectivity index (χ0n) is 8.95. The van der Waals surface area contributed by atoms with Crippen LogP contribution >= 0.6 is 0 Å². The minimum atomic E-state index is 0. The zero-order chi connectivity index (χ0) is 10.1. The average Bonchev–Trinajstić information content (AvgIpc) is 2.25. The average molecular weight is 227 g/mol. The van der Waals surface area contributed by atoms with Gasteiger partial charge in [0.15, 0.2) is 0 Å². The van der Waals surface area contributed by atoms with E-state index in [0.717, 1.165) is 19.7 Å². The molecule has 1 N–H and O–H groups in total.